The molecule has 4 nitrogen and oxygen atoms in total. The molecule has 0 spiro atoms. The average Bonchev–Trinajstić information content (AvgIpc) is 2.01. The van der Waals surface area contributed by atoms with Crippen molar-refractivity contribution in [3.63, 3.8) is 0 Å². The van der Waals surface area contributed by atoms with Crippen molar-refractivity contribution in [2.45, 2.75) is 0 Å². The lowest BCUT2D eigenvalue weighted by molar-refractivity contribution is -0.384. The van der Waals surface area contributed by atoms with Crippen LogP contribution in [0.15, 0.2) is 12.1 Å². The fraction of sp³-hybridized carbons (Fsp3) is 0. The van der Waals surface area contributed by atoms with E-state index in [1.165, 1.54) is 12.1 Å². The molecule has 13 heavy (non-hydrogen) atoms. The Bertz CT molecular complexity index is 378. The van der Waals surface area contributed by atoms with E-state index in [1.807, 2.05) is 0 Å². The van der Waals surface area contributed by atoms with Crippen molar-refractivity contribution in [1.82, 2.24) is 0 Å². The molecule has 1 aromatic carbocycles. The van der Waals surface area contributed by atoms with Gasteiger partial charge in [-0.05, 0) is 12.1 Å². The van der Waals surface area contributed by atoms with Crippen molar-refractivity contribution < 1.29 is 9.72 Å². The monoisotopic (exact) mass is 219 g/mol. The molecular formula is C7H3Cl2NO3. The second-order valence-corrected chi connectivity index (χ2v) is 3.04. The van der Waals surface area contributed by atoms with E-state index in [-0.39, 0.29) is 15.6 Å². The summed E-state index contributed by atoms with van der Waals surface area (Å²) in [5.41, 5.74) is -0.538. The molecule has 0 heterocycles. The maximum atomic E-state index is 10.4. The average molecular weight is 220 g/mol. The van der Waals surface area contributed by atoms with Crippen molar-refractivity contribution in [3.8, 4) is 0 Å². The quantitative estimate of drug-likeness (QED) is 0.437. The molecule has 0 aliphatic carbocycles. The Kier molecular flexibility index (Phi) is 2.85. The highest BCUT2D eigenvalue weighted by Gasteiger charge is 2.18. The predicted octanol–water partition coefficient (Wildman–Crippen LogP) is 2.71. The Morgan fingerprint density at radius 3 is 2.46 bits per heavy atom. The van der Waals surface area contributed by atoms with Gasteiger partial charge in [0.2, 0.25) is 0 Å². The zero-order chi connectivity index (χ0) is 10.0. The van der Waals surface area contributed by atoms with Gasteiger partial charge in [-0.2, -0.15) is 0 Å². The highest BCUT2D eigenvalue weighted by Crippen LogP contribution is 2.30. The molecule has 0 bridgehead atoms. The van der Waals surface area contributed by atoms with Crippen LogP contribution in [0.2, 0.25) is 10.0 Å². The van der Waals surface area contributed by atoms with Crippen LogP contribution < -0.4 is 0 Å². The zero-order valence-electron chi connectivity index (χ0n) is 6.16. The highest BCUT2D eigenvalue weighted by atomic mass is 35.5. The largest absolute Gasteiger partial charge is 0.298 e. The number of nitro groups is 1. The minimum Gasteiger partial charge on any atom is -0.298 e. The molecule has 1 aromatic rings. The Balaban J connectivity index is 3.47. The lowest BCUT2D eigenvalue weighted by atomic mass is 10.2. The number of benzene rings is 1. The number of halogens is 2. The molecule has 0 aliphatic heterocycles. The lowest BCUT2D eigenvalue weighted by Gasteiger charge is -1.98. The Morgan fingerprint density at radius 2 is 2.00 bits per heavy atom. The van der Waals surface area contributed by atoms with Crippen LogP contribution in [0.25, 0.3) is 0 Å². The summed E-state index contributed by atoms with van der Waals surface area (Å²) >= 11 is 11.1. The third-order valence-electron chi connectivity index (χ3n) is 1.37. The van der Waals surface area contributed by atoms with Crippen molar-refractivity contribution in [1.29, 1.82) is 0 Å². The fourth-order valence-corrected chi connectivity index (χ4v) is 1.45. The van der Waals surface area contributed by atoms with Crippen LogP contribution >= 0.6 is 23.2 Å². The summed E-state index contributed by atoms with van der Waals surface area (Å²) < 4.78 is 0. The zero-order valence-corrected chi connectivity index (χ0v) is 7.67. The molecule has 0 fully saturated rings. The number of carbonyl (C=O) groups is 1. The molecule has 1 rings (SSSR count). The standard InChI is InChI=1S/C7H3Cl2NO3/c8-5-1-4(3-11)7(10(12)13)6(9)2-5/h1-3H. The van der Waals surface area contributed by atoms with E-state index in [9.17, 15) is 14.9 Å². The second kappa shape index (κ2) is 3.72. The van der Waals surface area contributed by atoms with Crippen LogP contribution in [0.4, 0.5) is 5.69 Å². The summed E-state index contributed by atoms with van der Waals surface area (Å²) in [6, 6.07) is 2.41. The van der Waals surface area contributed by atoms with Crippen molar-refractivity contribution in [2.24, 2.45) is 0 Å². The summed E-state index contributed by atoms with van der Waals surface area (Å²) in [6.45, 7) is 0. The smallest absolute Gasteiger partial charge is 0.298 e. The van der Waals surface area contributed by atoms with Gasteiger partial charge < -0.3 is 0 Å². The van der Waals surface area contributed by atoms with Crippen molar-refractivity contribution >= 4 is 35.2 Å². The van der Waals surface area contributed by atoms with E-state index in [4.69, 9.17) is 23.2 Å². The summed E-state index contributed by atoms with van der Waals surface area (Å²) in [4.78, 5) is 20.1. The number of nitrogens with zero attached hydrogens (tertiary/aromatic N) is 1. The predicted molar refractivity (Wildman–Crippen MR) is 48.5 cm³/mol. The van der Waals surface area contributed by atoms with Crippen molar-refractivity contribution in [2.75, 3.05) is 0 Å². The first kappa shape index (κ1) is 9.95. The molecular weight excluding hydrogens is 217 g/mol. The Labute approximate surface area is 83.2 Å². The van der Waals surface area contributed by atoms with Gasteiger partial charge >= 0.3 is 0 Å². The normalized spacial score (nSPS) is 9.69. The molecule has 0 amide bonds. The molecule has 0 atom stereocenters. The van der Waals surface area contributed by atoms with Crippen LogP contribution in [-0.2, 0) is 0 Å². The topological polar surface area (TPSA) is 60.2 Å². The van der Waals surface area contributed by atoms with Gasteiger partial charge in [0.25, 0.3) is 5.69 Å². The molecule has 0 unspecified atom stereocenters. The molecule has 0 aromatic heterocycles. The summed E-state index contributed by atoms with van der Waals surface area (Å²) in [5, 5.41) is 10.5. The number of aldehydes is 1. The maximum absolute atomic E-state index is 10.4. The van der Waals surface area contributed by atoms with Crippen LogP contribution in [0.5, 0.6) is 0 Å². The van der Waals surface area contributed by atoms with E-state index in [2.05, 4.69) is 0 Å². The van der Waals surface area contributed by atoms with Crippen LogP contribution in [0, 0.1) is 10.1 Å². The van der Waals surface area contributed by atoms with Gasteiger partial charge in [0.1, 0.15) is 5.02 Å². The minimum absolute atomic E-state index is 0.123. The van der Waals surface area contributed by atoms with Gasteiger partial charge in [-0.25, -0.2) is 0 Å². The van der Waals surface area contributed by atoms with Crippen molar-refractivity contribution in [3.05, 3.63) is 37.9 Å². The fourth-order valence-electron chi connectivity index (χ4n) is 0.868. The first-order valence-electron chi connectivity index (χ1n) is 3.15. The molecule has 0 N–H and O–H groups in total. The first-order valence-corrected chi connectivity index (χ1v) is 3.90. The van der Waals surface area contributed by atoms with Gasteiger partial charge in [0.05, 0.1) is 10.5 Å². The van der Waals surface area contributed by atoms with E-state index in [1.54, 1.807) is 0 Å². The van der Waals surface area contributed by atoms with Gasteiger partial charge in [0.15, 0.2) is 6.29 Å². The summed E-state index contributed by atoms with van der Waals surface area (Å²) in [7, 11) is 0. The molecule has 0 saturated carbocycles. The molecule has 6 heteroatoms. The highest BCUT2D eigenvalue weighted by molar-refractivity contribution is 6.36. The van der Waals surface area contributed by atoms with E-state index >= 15 is 0 Å². The Hall–Kier alpha value is -1.13. The summed E-state index contributed by atoms with van der Waals surface area (Å²) in [5.74, 6) is 0. The molecule has 0 saturated heterocycles. The van der Waals surface area contributed by atoms with Gasteiger partial charge in [-0.15, -0.1) is 0 Å². The Morgan fingerprint density at radius 1 is 1.38 bits per heavy atom. The lowest BCUT2D eigenvalue weighted by Crippen LogP contribution is -1.95. The second-order valence-electron chi connectivity index (χ2n) is 2.20. The van der Waals surface area contributed by atoms with E-state index in [0.717, 1.165) is 0 Å². The number of rotatable bonds is 2. The van der Waals surface area contributed by atoms with Crippen LogP contribution in [0.1, 0.15) is 10.4 Å². The third kappa shape index (κ3) is 1.96. The number of hydrogen-bond donors (Lipinski definition) is 0. The summed E-state index contributed by atoms with van der Waals surface area (Å²) in [6.07, 6.45) is 0.343. The van der Waals surface area contributed by atoms with Gasteiger partial charge in [-0.3, -0.25) is 14.9 Å². The first-order chi connectivity index (χ1) is 6.06. The van der Waals surface area contributed by atoms with Gasteiger partial charge in [0, 0.05) is 5.02 Å². The molecule has 0 radical (unpaired) electrons. The minimum atomic E-state index is -0.720. The SMILES string of the molecule is O=Cc1cc(Cl)cc(Cl)c1[N+](=O)[O-]. The van der Waals surface area contributed by atoms with E-state index < -0.39 is 10.6 Å². The number of hydrogen-bond acceptors (Lipinski definition) is 3. The third-order valence-corrected chi connectivity index (χ3v) is 1.87. The van der Waals surface area contributed by atoms with Crippen LogP contribution in [0.3, 0.4) is 0 Å². The molecule has 0 aliphatic rings. The number of nitro benzene ring substituents is 1. The van der Waals surface area contributed by atoms with Crippen LogP contribution in [-0.4, -0.2) is 11.2 Å². The van der Waals surface area contributed by atoms with Gasteiger partial charge in [-0.1, -0.05) is 23.2 Å². The maximum Gasteiger partial charge on any atom is 0.298 e. The molecule has 68 valence electrons. The number of carbonyl (C=O) groups excluding carboxylic acids is 1. The van der Waals surface area contributed by atoms with E-state index in [0.29, 0.717) is 6.29 Å².